The second-order valence-corrected chi connectivity index (χ2v) is 6.19. The first-order valence-corrected chi connectivity index (χ1v) is 8.59. The van der Waals surface area contributed by atoms with Gasteiger partial charge in [0.1, 0.15) is 0 Å². The van der Waals surface area contributed by atoms with Crippen LogP contribution in [0.25, 0.3) is 0 Å². The van der Waals surface area contributed by atoms with Gasteiger partial charge in [-0.2, -0.15) is 0 Å². The average molecular weight is 379 g/mol. The van der Waals surface area contributed by atoms with Gasteiger partial charge in [-0.25, -0.2) is 4.79 Å². The molecule has 0 fully saturated rings. The molecule has 0 atom stereocenters. The number of carbonyl (C=O) groups excluding carboxylic acids is 3. The van der Waals surface area contributed by atoms with Crippen LogP contribution in [0.3, 0.4) is 0 Å². The third-order valence-corrected chi connectivity index (χ3v) is 4.14. The molecule has 0 radical (unpaired) electrons. The van der Waals surface area contributed by atoms with Crippen molar-refractivity contribution >= 4 is 29.1 Å². The maximum atomic E-state index is 12.7. The van der Waals surface area contributed by atoms with Crippen molar-refractivity contribution in [2.75, 3.05) is 6.61 Å². The zero-order valence-electron chi connectivity index (χ0n) is 14.2. The summed E-state index contributed by atoms with van der Waals surface area (Å²) < 4.78 is 5.13. The molecule has 5 heteroatoms. The van der Waals surface area contributed by atoms with Gasteiger partial charge in [-0.15, -0.1) is 0 Å². The normalized spacial score (nSPS) is 10.3. The number of ketones is 2. The van der Waals surface area contributed by atoms with Crippen LogP contribution in [0.5, 0.6) is 0 Å². The van der Waals surface area contributed by atoms with E-state index in [-0.39, 0.29) is 22.7 Å². The van der Waals surface area contributed by atoms with Gasteiger partial charge in [-0.1, -0.05) is 72.3 Å². The Balaban J connectivity index is 1.76. The van der Waals surface area contributed by atoms with E-state index in [1.54, 1.807) is 66.7 Å². The lowest BCUT2D eigenvalue weighted by molar-refractivity contribution is 0.0473. The zero-order valence-corrected chi connectivity index (χ0v) is 15.0. The molecule has 0 heterocycles. The first-order valence-electron chi connectivity index (χ1n) is 8.21. The maximum absolute atomic E-state index is 12.7. The number of esters is 1. The van der Waals surface area contributed by atoms with E-state index in [9.17, 15) is 14.4 Å². The van der Waals surface area contributed by atoms with Crippen LogP contribution in [-0.4, -0.2) is 24.1 Å². The highest BCUT2D eigenvalue weighted by Gasteiger charge is 2.20. The third-order valence-electron chi connectivity index (χ3n) is 3.91. The molecule has 0 saturated heterocycles. The van der Waals surface area contributed by atoms with E-state index in [0.717, 1.165) is 0 Å². The summed E-state index contributed by atoms with van der Waals surface area (Å²) in [5.41, 5.74) is 1.16. The minimum atomic E-state index is -0.731. The van der Waals surface area contributed by atoms with Crippen LogP contribution in [0.4, 0.5) is 0 Å². The second-order valence-electron chi connectivity index (χ2n) is 5.75. The van der Waals surface area contributed by atoms with E-state index in [0.29, 0.717) is 16.1 Å². The van der Waals surface area contributed by atoms with Crippen molar-refractivity contribution in [2.45, 2.75) is 0 Å². The standard InChI is InChI=1S/C22H15ClO4/c23-17-10-6-9-16(13-17)20(24)14-27-22(26)19-12-5-4-11-18(19)21(25)15-7-2-1-3-8-15/h1-13H,14H2. The monoisotopic (exact) mass is 378 g/mol. The van der Waals surface area contributed by atoms with Crippen molar-refractivity contribution < 1.29 is 19.1 Å². The Morgan fingerprint density at radius 1 is 0.741 bits per heavy atom. The first-order chi connectivity index (χ1) is 13.1. The fourth-order valence-electron chi connectivity index (χ4n) is 2.56. The van der Waals surface area contributed by atoms with Crippen molar-refractivity contribution in [2.24, 2.45) is 0 Å². The summed E-state index contributed by atoms with van der Waals surface area (Å²) in [6.45, 7) is -0.437. The van der Waals surface area contributed by atoms with Gasteiger partial charge in [0.2, 0.25) is 0 Å². The SMILES string of the molecule is O=C(COC(=O)c1ccccc1C(=O)c1ccccc1)c1cccc(Cl)c1. The highest BCUT2D eigenvalue weighted by Crippen LogP contribution is 2.16. The molecule has 0 aliphatic carbocycles. The lowest BCUT2D eigenvalue weighted by Crippen LogP contribution is -2.17. The smallest absolute Gasteiger partial charge is 0.339 e. The number of carbonyl (C=O) groups is 3. The van der Waals surface area contributed by atoms with Crippen LogP contribution < -0.4 is 0 Å². The molecule has 0 amide bonds. The maximum Gasteiger partial charge on any atom is 0.339 e. The topological polar surface area (TPSA) is 60.4 Å². The van der Waals surface area contributed by atoms with Crippen LogP contribution in [0.15, 0.2) is 78.9 Å². The van der Waals surface area contributed by atoms with Gasteiger partial charge in [0.05, 0.1) is 5.56 Å². The molecule has 0 aromatic heterocycles. The lowest BCUT2D eigenvalue weighted by atomic mass is 9.98. The Hall–Kier alpha value is -3.24. The van der Waals surface area contributed by atoms with E-state index in [2.05, 4.69) is 0 Å². The third kappa shape index (κ3) is 4.49. The average Bonchev–Trinajstić information content (AvgIpc) is 2.72. The van der Waals surface area contributed by atoms with Gasteiger partial charge >= 0.3 is 5.97 Å². The van der Waals surface area contributed by atoms with Gasteiger partial charge in [-0.05, 0) is 18.2 Å². The minimum absolute atomic E-state index is 0.116. The largest absolute Gasteiger partial charge is 0.454 e. The number of ether oxygens (including phenoxy) is 1. The molecular formula is C22H15ClO4. The first kappa shape index (κ1) is 18.5. The van der Waals surface area contributed by atoms with Crippen molar-refractivity contribution in [1.82, 2.24) is 0 Å². The Morgan fingerprint density at radius 3 is 2.07 bits per heavy atom. The Bertz CT molecular complexity index is 996. The predicted octanol–water partition coefficient (Wildman–Crippen LogP) is 4.61. The van der Waals surface area contributed by atoms with Crippen LogP contribution in [0.1, 0.15) is 36.6 Å². The molecule has 0 spiro atoms. The molecule has 0 bridgehead atoms. The Morgan fingerprint density at radius 2 is 1.37 bits per heavy atom. The van der Waals surface area contributed by atoms with Gasteiger partial charge in [0.25, 0.3) is 0 Å². The van der Waals surface area contributed by atoms with Crippen molar-refractivity contribution in [3.8, 4) is 0 Å². The molecule has 0 saturated carbocycles. The van der Waals surface area contributed by atoms with Crippen LogP contribution in [0, 0.1) is 0 Å². The molecule has 0 unspecified atom stereocenters. The van der Waals surface area contributed by atoms with E-state index in [1.165, 1.54) is 12.1 Å². The lowest BCUT2D eigenvalue weighted by Gasteiger charge is -2.09. The van der Waals surface area contributed by atoms with E-state index >= 15 is 0 Å². The van der Waals surface area contributed by atoms with Crippen molar-refractivity contribution in [3.63, 3.8) is 0 Å². The van der Waals surface area contributed by atoms with Gasteiger partial charge < -0.3 is 4.74 Å². The number of Topliss-reactive ketones (excluding diaryl/α,β-unsaturated/α-hetero) is 1. The fourth-order valence-corrected chi connectivity index (χ4v) is 2.75. The van der Waals surface area contributed by atoms with Crippen LogP contribution in [0.2, 0.25) is 5.02 Å². The molecule has 3 aromatic rings. The molecule has 4 nitrogen and oxygen atoms in total. The summed E-state index contributed by atoms with van der Waals surface area (Å²) in [5, 5.41) is 0.422. The highest BCUT2D eigenvalue weighted by atomic mass is 35.5. The molecule has 3 rings (SSSR count). The second kappa shape index (κ2) is 8.43. The molecule has 0 aliphatic rings. The van der Waals surface area contributed by atoms with Crippen LogP contribution >= 0.6 is 11.6 Å². The summed E-state index contributed by atoms with van der Waals surface area (Å²) in [6.07, 6.45) is 0. The zero-order chi connectivity index (χ0) is 19.2. The summed E-state index contributed by atoms with van der Waals surface area (Å²) in [6, 6.07) is 21.4. The molecule has 134 valence electrons. The van der Waals surface area contributed by atoms with E-state index in [1.807, 2.05) is 0 Å². The van der Waals surface area contributed by atoms with Gasteiger partial charge in [0.15, 0.2) is 18.2 Å². The minimum Gasteiger partial charge on any atom is -0.454 e. The van der Waals surface area contributed by atoms with Gasteiger partial charge in [0, 0.05) is 21.7 Å². The summed E-state index contributed by atoms with van der Waals surface area (Å²) in [4.78, 5) is 37.3. The predicted molar refractivity (Wildman–Crippen MR) is 102 cm³/mol. The molecule has 3 aromatic carbocycles. The Labute approximate surface area is 161 Å². The fraction of sp³-hybridized carbons (Fsp3) is 0.0455. The van der Waals surface area contributed by atoms with E-state index in [4.69, 9.17) is 16.3 Å². The van der Waals surface area contributed by atoms with Crippen molar-refractivity contribution in [1.29, 1.82) is 0 Å². The summed E-state index contributed by atoms with van der Waals surface area (Å²) >= 11 is 5.86. The van der Waals surface area contributed by atoms with Gasteiger partial charge in [-0.3, -0.25) is 9.59 Å². The Kier molecular flexibility index (Phi) is 5.79. The quantitative estimate of drug-likeness (QED) is 0.464. The number of benzene rings is 3. The highest BCUT2D eigenvalue weighted by molar-refractivity contribution is 6.31. The van der Waals surface area contributed by atoms with Crippen LogP contribution in [-0.2, 0) is 4.74 Å². The van der Waals surface area contributed by atoms with Crippen molar-refractivity contribution in [3.05, 3.63) is 106 Å². The number of rotatable bonds is 6. The van der Waals surface area contributed by atoms with E-state index < -0.39 is 12.6 Å². The summed E-state index contributed by atoms with van der Waals surface area (Å²) in [5.74, 6) is -1.40. The number of hydrogen-bond donors (Lipinski definition) is 0. The molecule has 0 N–H and O–H groups in total. The molecule has 27 heavy (non-hydrogen) atoms. The number of hydrogen-bond acceptors (Lipinski definition) is 4. The summed E-state index contributed by atoms with van der Waals surface area (Å²) in [7, 11) is 0. The molecule has 0 aliphatic heterocycles. The number of halogens is 1. The molecular weight excluding hydrogens is 364 g/mol.